The molecule has 4 heteroatoms. The van der Waals surface area contributed by atoms with E-state index >= 15 is 0 Å². The number of nitrogens with one attached hydrogen (secondary N) is 1. The van der Waals surface area contributed by atoms with Crippen molar-refractivity contribution in [2.24, 2.45) is 0 Å². The highest BCUT2D eigenvalue weighted by atomic mass is 19.1. The summed E-state index contributed by atoms with van der Waals surface area (Å²) in [6, 6.07) is 5.96. The first-order chi connectivity index (χ1) is 10.2. The molecule has 3 nitrogen and oxygen atoms in total. The molecular weight excluding hydrogens is 269 g/mol. The highest BCUT2D eigenvalue weighted by molar-refractivity contribution is 5.77. The fourth-order valence-corrected chi connectivity index (χ4v) is 2.90. The zero-order valence-corrected chi connectivity index (χ0v) is 12.6. The second-order valence-corrected chi connectivity index (χ2v) is 5.56. The van der Waals surface area contributed by atoms with Crippen LogP contribution in [0.2, 0.25) is 0 Å². The van der Waals surface area contributed by atoms with Crippen LogP contribution in [0.15, 0.2) is 24.3 Å². The lowest BCUT2D eigenvalue weighted by atomic mass is 10.0. The number of benzene rings is 1. The Morgan fingerprint density at radius 3 is 2.57 bits per heavy atom. The molecule has 0 bridgehead atoms. The molecule has 2 rings (SSSR count). The predicted octanol–water partition coefficient (Wildman–Crippen LogP) is 3.74. The maximum atomic E-state index is 14.0. The lowest BCUT2D eigenvalue weighted by Gasteiger charge is -2.24. The summed E-state index contributed by atoms with van der Waals surface area (Å²) in [4.78, 5) is 12.2. The Labute approximate surface area is 125 Å². The van der Waals surface area contributed by atoms with E-state index in [4.69, 9.17) is 4.74 Å². The van der Waals surface area contributed by atoms with Crippen LogP contribution in [0.1, 0.15) is 57.1 Å². The summed E-state index contributed by atoms with van der Waals surface area (Å²) in [6.45, 7) is 2.07. The summed E-state index contributed by atoms with van der Waals surface area (Å²) in [5.74, 6) is -0.761. The number of hydrogen-bond acceptors (Lipinski definition) is 3. The topological polar surface area (TPSA) is 38.3 Å². The van der Waals surface area contributed by atoms with Gasteiger partial charge in [0.25, 0.3) is 0 Å². The van der Waals surface area contributed by atoms with Gasteiger partial charge in [-0.2, -0.15) is 0 Å². The van der Waals surface area contributed by atoms with Gasteiger partial charge in [-0.3, -0.25) is 5.32 Å². The third-order valence-corrected chi connectivity index (χ3v) is 4.00. The second-order valence-electron chi connectivity index (χ2n) is 5.56. The Balaban J connectivity index is 2.15. The van der Waals surface area contributed by atoms with Crippen molar-refractivity contribution in [3.8, 4) is 0 Å². The first-order valence-electron chi connectivity index (χ1n) is 7.89. The Kier molecular flexibility index (Phi) is 6.18. The van der Waals surface area contributed by atoms with Crippen molar-refractivity contribution >= 4 is 5.97 Å². The highest BCUT2D eigenvalue weighted by Gasteiger charge is 2.27. The minimum atomic E-state index is -0.714. The van der Waals surface area contributed by atoms with Crippen molar-refractivity contribution in [3.05, 3.63) is 35.6 Å². The Bertz CT molecular complexity index is 456. The first kappa shape index (κ1) is 16.0. The zero-order chi connectivity index (χ0) is 15.1. The van der Waals surface area contributed by atoms with E-state index in [1.807, 2.05) is 0 Å². The summed E-state index contributed by atoms with van der Waals surface area (Å²) in [6.07, 6.45) is 6.85. The molecule has 21 heavy (non-hydrogen) atoms. The second kappa shape index (κ2) is 8.13. The van der Waals surface area contributed by atoms with Gasteiger partial charge in [-0.05, 0) is 25.8 Å². The van der Waals surface area contributed by atoms with Crippen molar-refractivity contribution in [1.82, 2.24) is 5.32 Å². The number of esters is 1. The van der Waals surface area contributed by atoms with Crippen LogP contribution in [0.5, 0.6) is 0 Å². The van der Waals surface area contributed by atoms with Crippen molar-refractivity contribution in [2.75, 3.05) is 6.61 Å². The quantitative estimate of drug-likeness (QED) is 0.664. The predicted molar refractivity (Wildman–Crippen MR) is 80.4 cm³/mol. The Hall–Kier alpha value is -1.42. The molecule has 0 saturated heterocycles. The van der Waals surface area contributed by atoms with Gasteiger partial charge in [0.1, 0.15) is 11.9 Å². The number of halogens is 1. The maximum absolute atomic E-state index is 14.0. The molecule has 1 aliphatic rings. The van der Waals surface area contributed by atoms with Crippen molar-refractivity contribution in [3.63, 3.8) is 0 Å². The van der Waals surface area contributed by atoms with Gasteiger partial charge in [0.15, 0.2) is 0 Å². The zero-order valence-electron chi connectivity index (χ0n) is 12.6. The molecule has 1 aromatic rings. The lowest BCUT2D eigenvalue weighted by Crippen LogP contribution is -2.38. The molecule has 1 saturated carbocycles. The summed E-state index contributed by atoms with van der Waals surface area (Å²) < 4.78 is 19.1. The van der Waals surface area contributed by atoms with Gasteiger partial charge in [-0.15, -0.1) is 0 Å². The number of hydrogen-bond donors (Lipinski definition) is 1. The molecule has 0 radical (unpaired) electrons. The van der Waals surface area contributed by atoms with E-state index in [1.165, 1.54) is 18.9 Å². The van der Waals surface area contributed by atoms with Gasteiger partial charge >= 0.3 is 5.97 Å². The van der Waals surface area contributed by atoms with E-state index in [9.17, 15) is 9.18 Å². The fraction of sp³-hybridized carbons (Fsp3) is 0.588. The van der Waals surface area contributed by atoms with Crippen LogP contribution in [0.4, 0.5) is 4.39 Å². The van der Waals surface area contributed by atoms with Crippen molar-refractivity contribution in [2.45, 2.75) is 57.5 Å². The first-order valence-corrected chi connectivity index (χ1v) is 7.89. The van der Waals surface area contributed by atoms with Crippen LogP contribution in [0.3, 0.4) is 0 Å². The summed E-state index contributed by atoms with van der Waals surface area (Å²) >= 11 is 0. The summed E-state index contributed by atoms with van der Waals surface area (Å²) in [5, 5.41) is 3.32. The minimum Gasteiger partial charge on any atom is -0.465 e. The van der Waals surface area contributed by atoms with E-state index in [0.717, 1.165) is 25.7 Å². The average molecular weight is 293 g/mol. The summed E-state index contributed by atoms with van der Waals surface area (Å²) in [7, 11) is 0. The van der Waals surface area contributed by atoms with Gasteiger partial charge in [0.05, 0.1) is 6.61 Å². The molecule has 1 aliphatic carbocycles. The smallest absolute Gasteiger partial charge is 0.327 e. The maximum Gasteiger partial charge on any atom is 0.327 e. The third-order valence-electron chi connectivity index (χ3n) is 4.00. The molecule has 0 heterocycles. The van der Waals surface area contributed by atoms with Gasteiger partial charge in [-0.1, -0.05) is 43.9 Å². The third kappa shape index (κ3) is 4.53. The average Bonchev–Trinajstić information content (AvgIpc) is 2.74. The fourth-order valence-electron chi connectivity index (χ4n) is 2.90. The molecule has 0 aliphatic heterocycles. The number of ether oxygens (including phenoxy) is 1. The Morgan fingerprint density at radius 2 is 1.95 bits per heavy atom. The van der Waals surface area contributed by atoms with Gasteiger partial charge < -0.3 is 4.74 Å². The van der Waals surface area contributed by atoms with E-state index in [1.54, 1.807) is 25.1 Å². The van der Waals surface area contributed by atoms with Crippen LogP contribution < -0.4 is 5.32 Å². The van der Waals surface area contributed by atoms with Crippen LogP contribution >= 0.6 is 0 Å². The largest absolute Gasteiger partial charge is 0.465 e. The molecule has 0 aromatic heterocycles. The molecule has 1 fully saturated rings. The van der Waals surface area contributed by atoms with E-state index < -0.39 is 12.0 Å². The van der Waals surface area contributed by atoms with E-state index in [0.29, 0.717) is 12.2 Å². The van der Waals surface area contributed by atoms with Crippen LogP contribution in [-0.2, 0) is 9.53 Å². The Morgan fingerprint density at radius 1 is 1.29 bits per heavy atom. The normalized spacial score (nSPS) is 18.0. The molecule has 1 unspecified atom stereocenters. The molecule has 1 atom stereocenters. The molecule has 0 amide bonds. The molecule has 116 valence electrons. The monoisotopic (exact) mass is 293 g/mol. The SMILES string of the molecule is CCOC(=O)C(NC1CCCCCC1)c1ccccc1F. The van der Waals surface area contributed by atoms with Gasteiger partial charge in [-0.25, -0.2) is 9.18 Å². The van der Waals surface area contributed by atoms with Crippen LogP contribution in [0, 0.1) is 5.82 Å². The highest BCUT2D eigenvalue weighted by Crippen LogP contribution is 2.23. The van der Waals surface area contributed by atoms with Gasteiger partial charge in [0, 0.05) is 11.6 Å². The van der Waals surface area contributed by atoms with Gasteiger partial charge in [0.2, 0.25) is 0 Å². The van der Waals surface area contributed by atoms with Crippen molar-refractivity contribution < 1.29 is 13.9 Å². The standard InChI is InChI=1S/C17H24FNO2/c1-2-21-17(20)16(14-11-7-8-12-15(14)18)19-13-9-5-3-4-6-10-13/h7-8,11-13,16,19H,2-6,9-10H2,1H3. The molecular formula is C17H24FNO2. The summed E-state index contributed by atoms with van der Waals surface area (Å²) in [5.41, 5.74) is 0.375. The minimum absolute atomic E-state index is 0.251. The van der Waals surface area contributed by atoms with Crippen LogP contribution in [0.25, 0.3) is 0 Å². The molecule has 0 spiro atoms. The molecule has 1 N–H and O–H groups in total. The number of rotatable bonds is 5. The van der Waals surface area contributed by atoms with Crippen molar-refractivity contribution in [1.29, 1.82) is 0 Å². The van der Waals surface area contributed by atoms with E-state index in [-0.39, 0.29) is 11.9 Å². The number of carbonyl (C=O) groups is 1. The van der Waals surface area contributed by atoms with E-state index in [2.05, 4.69) is 5.32 Å². The molecule has 1 aromatic carbocycles. The lowest BCUT2D eigenvalue weighted by molar-refractivity contribution is -0.146. The number of carbonyl (C=O) groups excluding carboxylic acids is 1. The van der Waals surface area contributed by atoms with Crippen LogP contribution in [-0.4, -0.2) is 18.6 Å².